The van der Waals surface area contributed by atoms with Crippen LogP contribution in [0.25, 0.3) is 0 Å². The lowest BCUT2D eigenvalue weighted by atomic mass is 10.3. The predicted octanol–water partition coefficient (Wildman–Crippen LogP) is 2.45. The summed E-state index contributed by atoms with van der Waals surface area (Å²) in [5, 5.41) is 0. The number of hydrogen-bond donors (Lipinski definition) is 0. The molecule has 4 nitrogen and oxygen atoms in total. The van der Waals surface area contributed by atoms with Gasteiger partial charge in [0.15, 0.2) is 0 Å². The highest BCUT2D eigenvalue weighted by Crippen LogP contribution is 2.33. The molecule has 0 amide bonds. The van der Waals surface area contributed by atoms with Crippen LogP contribution in [0, 0.1) is 6.92 Å². The molecule has 2 rings (SSSR count). The van der Waals surface area contributed by atoms with Crippen molar-refractivity contribution in [3.8, 4) is 0 Å². The zero-order valence-electron chi connectivity index (χ0n) is 9.73. The summed E-state index contributed by atoms with van der Waals surface area (Å²) in [7, 11) is -3.47. The molecule has 1 aromatic rings. The maximum absolute atomic E-state index is 12.5. The monoisotopic (exact) mass is 373 g/mol. The second-order valence-corrected chi connectivity index (χ2v) is 8.82. The van der Waals surface area contributed by atoms with Crippen LogP contribution >= 0.6 is 38.9 Å². The quantitative estimate of drug-likeness (QED) is 0.764. The molecular formula is C10H13BrClNO3S2. The van der Waals surface area contributed by atoms with Gasteiger partial charge in [0.1, 0.15) is 4.21 Å². The third-order valence-electron chi connectivity index (χ3n) is 2.75. The molecule has 102 valence electrons. The van der Waals surface area contributed by atoms with Crippen LogP contribution in [0.3, 0.4) is 0 Å². The van der Waals surface area contributed by atoms with Crippen molar-refractivity contribution in [3.63, 3.8) is 0 Å². The lowest BCUT2D eigenvalue weighted by molar-refractivity contribution is 0.0405. The molecule has 0 N–H and O–H groups in total. The van der Waals surface area contributed by atoms with Gasteiger partial charge < -0.3 is 4.74 Å². The van der Waals surface area contributed by atoms with Crippen molar-refractivity contribution < 1.29 is 13.2 Å². The smallest absolute Gasteiger partial charge is 0.253 e. The normalized spacial score (nSPS) is 22.3. The van der Waals surface area contributed by atoms with E-state index in [-0.39, 0.29) is 11.9 Å². The predicted molar refractivity (Wildman–Crippen MR) is 76.0 cm³/mol. The number of nitrogens with zero attached hydrogens (tertiary/aromatic N) is 1. The van der Waals surface area contributed by atoms with Crippen molar-refractivity contribution in [2.45, 2.75) is 17.2 Å². The van der Waals surface area contributed by atoms with E-state index in [2.05, 4.69) is 15.9 Å². The Hall–Kier alpha value is 0.340. The van der Waals surface area contributed by atoms with Gasteiger partial charge in [-0.3, -0.25) is 0 Å². The number of ether oxygens (including phenoxy) is 1. The third-order valence-corrected chi connectivity index (χ3v) is 7.64. The van der Waals surface area contributed by atoms with Gasteiger partial charge in [0, 0.05) is 12.4 Å². The Morgan fingerprint density at radius 1 is 1.67 bits per heavy atom. The first-order chi connectivity index (χ1) is 8.46. The summed E-state index contributed by atoms with van der Waals surface area (Å²) in [6, 6.07) is 1.40. The number of aryl methyl sites for hydroxylation is 1. The highest BCUT2D eigenvalue weighted by molar-refractivity contribution is 9.11. The number of thiophene rings is 1. The van der Waals surface area contributed by atoms with Crippen molar-refractivity contribution in [2.24, 2.45) is 0 Å². The summed E-state index contributed by atoms with van der Waals surface area (Å²) in [4.78, 5) is 0. The highest BCUT2D eigenvalue weighted by atomic mass is 79.9. The minimum atomic E-state index is -3.47. The molecule has 0 radical (unpaired) electrons. The summed E-state index contributed by atoms with van der Waals surface area (Å²) in [6.07, 6.45) is 0. The third kappa shape index (κ3) is 2.76. The van der Waals surface area contributed by atoms with E-state index in [0.29, 0.717) is 24.0 Å². The van der Waals surface area contributed by atoms with Crippen molar-refractivity contribution in [2.75, 3.05) is 25.6 Å². The van der Waals surface area contributed by atoms with E-state index in [9.17, 15) is 8.42 Å². The van der Waals surface area contributed by atoms with Crippen LogP contribution in [0.4, 0.5) is 0 Å². The van der Waals surface area contributed by atoms with Crippen LogP contribution in [0.5, 0.6) is 0 Å². The molecule has 0 aromatic carbocycles. The minimum Gasteiger partial charge on any atom is -0.378 e. The standard InChI is InChI=1S/C10H13BrClNO3S2/c1-7-4-9(17-10(7)11)18(14,15)13-2-3-16-6-8(13)5-12/h4,8H,2-3,5-6H2,1H3. The summed E-state index contributed by atoms with van der Waals surface area (Å²) in [5.74, 6) is 0.241. The number of hydrogen-bond acceptors (Lipinski definition) is 4. The molecule has 0 saturated carbocycles. The molecule has 18 heavy (non-hydrogen) atoms. The van der Waals surface area contributed by atoms with Crippen LogP contribution in [-0.4, -0.2) is 44.4 Å². The summed E-state index contributed by atoms with van der Waals surface area (Å²) >= 11 is 10.4. The van der Waals surface area contributed by atoms with E-state index < -0.39 is 10.0 Å². The molecule has 1 aromatic heterocycles. The van der Waals surface area contributed by atoms with Gasteiger partial charge in [-0.2, -0.15) is 4.31 Å². The van der Waals surface area contributed by atoms with Crippen LogP contribution in [0.15, 0.2) is 14.1 Å². The maximum atomic E-state index is 12.5. The summed E-state index contributed by atoms with van der Waals surface area (Å²) in [6.45, 7) is 3.00. The molecule has 1 aliphatic heterocycles. The van der Waals surface area contributed by atoms with E-state index >= 15 is 0 Å². The molecule has 2 heterocycles. The van der Waals surface area contributed by atoms with Gasteiger partial charge in [0.05, 0.1) is 23.0 Å². The van der Waals surface area contributed by atoms with Gasteiger partial charge in [-0.05, 0) is 34.5 Å². The number of sulfonamides is 1. The fraction of sp³-hybridized carbons (Fsp3) is 0.600. The van der Waals surface area contributed by atoms with Gasteiger partial charge in [-0.15, -0.1) is 22.9 Å². The Labute approximate surface area is 124 Å². The molecule has 1 atom stereocenters. The zero-order chi connectivity index (χ0) is 13.3. The number of rotatable bonds is 3. The van der Waals surface area contributed by atoms with E-state index in [0.717, 1.165) is 9.35 Å². The van der Waals surface area contributed by atoms with Crippen molar-refractivity contribution in [1.29, 1.82) is 0 Å². The second-order valence-electron chi connectivity index (χ2n) is 4.02. The Morgan fingerprint density at radius 3 is 2.94 bits per heavy atom. The first-order valence-corrected chi connectivity index (χ1v) is 8.96. The molecule has 0 spiro atoms. The Bertz CT molecular complexity index is 512. The molecule has 1 unspecified atom stereocenters. The molecule has 1 fully saturated rings. The maximum Gasteiger partial charge on any atom is 0.253 e. The van der Waals surface area contributed by atoms with Gasteiger partial charge in [-0.25, -0.2) is 8.42 Å². The average molecular weight is 375 g/mol. The van der Waals surface area contributed by atoms with Crippen molar-refractivity contribution in [3.05, 3.63) is 15.4 Å². The Balaban J connectivity index is 2.35. The Kier molecular flexibility index (Phi) is 4.72. The number of alkyl halides is 1. The first-order valence-electron chi connectivity index (χ1n) is 5.38. The van der Waals surface area contributed by atoms with E-state index in [1.165, 1.54) is 15.6 Å². The topological polar surface area (TPSA) is 46.6 Å². The number of morpholine rings is 1. The van der Waals surface area contributed by atoms with Gasteiger partial charge >= 0.3 is 0 Å². The molecular weight excluding hydrogens is 362 g/mol. The van der Waals surface area contributed by atoms with Crippen LogP contribution in [-0.2, 0) is 14.8 Å². The lowest BCUT2D eigenvalue weighted by Gasteiger charge is -2.32. The fourth-order valence-electron chi connectivity index (χ4n) is 1.75. The highest BCUT2D eigenvalue weighted by Gasteiger charge is 2.34. The van der Waals surface area contributed by atoms with E-state index in [1.807, 2.05) is 6.92 Å². The Morgan fingerprint density at radius 2 is 2.39 bits per heavy atom. The SMILES string of the molecule is Cc1cc(S(=O)(=O)N2CCOCC2CCl)sc1Br. The van der Waals surface area contributed by atoms with Crippen LogP contribution < -0.4 is 0 Å². The fourth-order valence-corrected chi connectivity index (χ4v) is 6.04. The first kappa shape index (κ1) is 14.7. The average Bonchev–Trinajstić information content (AvgIpc) is 2.70. The lowest BCUT2D eigenvalue weighted by Crippen LogP contribution is -2.49. The molecule has 0 bridgehead atoms. The molecule has 8 heteroatoms. The second kappa shape index (κ2) is 5.76. The van der Waals surface area contributed by atoms with Crippen molar-refractivity contribution >= 4 is 48.9 Å². The van der Waals surface area contributed by atoms with Gasteiger partial charge in [-0.1, -0.05) is 0 Å². The summed E-state index contributed by atoms with van der Waals surface area (Å²) in [5.41, 5.74) is 0.925. The molecule has 1 aliphatic rings. The zero-order valence-corrected chi connectivity index (χ0v) is 13.7. The largest absolute Gasteiger partial charge is 0.378 e. The van der Waals surface area contributed by atoms with Crippen LogP contribution in [0.1, 0.15) is 5.56 Å². The van der Waals surface area contributed by atoms with Crippen molar-refractivity contribution in [1.82, 2.24) is 4.31 Å². The van der Waals surface area contributed by atoms with Gasteiger partial charge in [0.25, 0.3) is 10.0 Å². The van der Waals surface area contributed by atoms with Crippen LogP contribution in [0.2, 0.25) is 0 Å². The number of halogens is 2. The molecule has 0 aliphatic carbocycles. The van der Waals surface area contributed by atoms with E-state index in [4.69, 9.17) is 16.3 Å². The van der Waals surface area contributed by atoms with Gasteiger partial charge in [0.2, 0.25) is 0 Å². The minimum absolute atomic E-state index is 0.241. The molecule has 1 saturated heterocycles. The van der Waals surface area contributed by atoms with E-state index in [1.54, 1.807) is 6.07 Å². The summed E-state index contributed by atoms with van der Waals surface area (Å²) < 4.78 is 33.0.